The second-order valence-corrected chi connectivity index (χ2v) is 4.32. The van der Waals surface area contributed by atoms with Crippen molar-refractivity contribution in [3.05, 3.63) is 47.0 Å². The van der Waals surface area contributed by atoms with E-state index < -0.39 is 0 Å². The smallest absolute Gasteiger partial charge is 0.276 e. The van der Waals surface area contributed by atoms with Gasteiger partial charge in [-0.3, -0.25) is 10.1 Å². The van der Waals surface area contributed by atoms with Crippen LogP contribution in [0.2, 0.25) is 0 Å². The fraction of sp³-hybridized carbons (Fsp3) is 0.200. The van der Waals surface area contributed by atoms with E-state index in [0.717, 1.165) is 11.4 Å². The lowest BCUT2D eigenvalue weighted by Gasteiger charge is -2.05. The molecule has 0 unspecified atom stereocenters. The van der Waals surface area contributed by atoms with Crippen molar-refractivity contribution in [2.75, 3.05) is 11.9 Å². The van der Waals surface area contributed by atoms with Crippen LogP contribution in [0, 0.1) is 25.7 Å². The van der Waals surface area contributed by atoms with Crippen LogP contribution in [0.4, 0.5) is 5.95 Å². The van der Waals surface area contributed by atoms with Crippen molar-refractivity contribution >= 4 is 11.9 Å². The number of nitrogens with zero attached hydrogens (tertiary/aromatic N) is 3. The number of hydrogen-bond acceptors (Lipinski definition) is 5. The Labute approximate surface area is 122 Å². The van der Waals surface area contributed by atoms with E-state index in [1.54, 1.807) is 12.1 Å². The standard InChI is InChI=1S/C15H14N4O2/c1-10-8-11(2)18-15(17-10)19-14(21)13-6-5-12(9-16-13)4-3-7-20/h5-6,8-9,20H,7H2,1-2H3,(H,17,18,19,21). The van der Waals surface area contributed by atoms with Crippen molar-refractivity contribution in [2.45, 2.75) is 13.8 Å². The molecule has 21 heavy (non-hydrogen) atoms. The molecule has 2 heterocycles. The molecule has 2 aromatic heterocycles. The normalized spacial score (nSPS) is 9.67. The van der Waals surface area contributed by atoms with Crippen molar-refractivity contribution in [1.29, 1.82) is 0 Å². The Morgan fingerprint density at radius 1 is 1.29 bits per heavy atom. The van der Waals surface area contributed by atoms with Crippen LogP contribution < -0.4 is 5.32 Å². The van der Waals surface area contributed by atoms with Crippen LogP contribution in [0.25, 0.3) is 0 Å². The molecule has 2 N–H and O–H groups in total. The molecule has 6 heteroatoms. The molecule has 2 aromatic rings. The van der Waals surface area contributed by atoms with E-state index in [-0.39, 0.29) is 24.2 Å². The zero-order valence-electron chi connectivity index (χ0n) is 11.7. The van der Waals surface area contributed by atoms with Gasteiger partial charge in [-0.05, 0) is 32.0 Å². The second kappa shape index (κ2) is 6.59. The fourth-order valence-corrected chi connectivity index (χ4v) is 1.69. The predicted molar refractivity (Wildman–Crippen MR) is 77.7 cm³/mol. The Kier molecular flexibility index (Phi) is 4.59. The summed E-state index contributed by atoms with van der Waals surface area (Å²) >= 11 is 0. The number of hydrogen-bond donors (Lipinski definition) is 2. The molecule has 0 bridgehead atoms. The average molecular weight is 282 g/mol. The lowest BCUT2D eigenvalue weighted by molar-refractivity contribution is 0.102. The molecule has 0 radical (unpaired) electrons. The molecule has 1 amide bonds. The molecule has 0 spiro atoms. The summed E-state index contributed by atoms with van der Waals surface area (Å²) in [6.45, 7) is 3.45. The van der Waals surface area contributed by atoms with Crippen LogP contribution in [0.5, 0.6) is 0 Å². The van der Waals surface area contributed by atoms with Gasteiger partial charge in [0, 0.05) is 23.1 Å². The Hall–Kier alpha value is -2.78. The third-order valence-electron chi connectivity index (χ3n) is 2.52. The van der Waals surface area contributed by atoms with Crippen LogP contribution in [0.1, 0.15) is 27.4 Å². The lowest BCUT2D eigenvalue weighted by atomic mass is 10.2. The van der Waals surface area contributed by atoms with E-state index in [1.807, 2.05) is 19.9 Å². The number of aryl methyl sites for hydroxylation is 2. The third kappa shape index (κ3) is 4.09. The molecule has 0 saturated carbocycles. The minimum Gasteiger partial charge on any atom is -0.384 e. The first-order valence-electron chi connectivity index (χ1n) is 6.28. The highest BCUT2D eigenvalue weighted by atomic mass is 16.2. The molecule has 0 aliphatic heterocycles. The van der Waals surface area contributed by atoms with Crippen molar-refractivity contribution < 1.29 is 9.90 Å². The Bertz CT molecular complexity index is 694. The summed E-state index contributed by atoms with van der Waals surface area (Å²) in [5, 5.41) is 11.2. The van der Waals surface area contributed by atoms with Gasteiger partial charge in [-0.25, -0.2) is 15.0 Å². The molecule has 0 fully saturated rings. The zero-order valence-corrected chi connectivity index (χ0v) is 11.7. The number of rotatable bonds is 2. The van der Waals surface area contributed by atoms with E-state index in [9.17, 15) is 4.79 Å². The summed E-state index contributed by atoms with van der Waals surface area (Å²) in [5.74, 6) is 5.08. The van der Waals surface area contributed by atoms with E-state index in [0.29, 0.717) is 5.56 Å². The molecular weight excluding hydrogens is 268 g/mol. The molecule has 106 valence electrons. The van der Waals surface area contributed by atoms with Crippen LogP contribution >= 0.6 is 0 Å². The monoisotopic (exact) mass is 282 g/mol. The second-order valence-electron chi connectivity index (χ2n) is 4.32. The van der Waals surface area contributed by atoms with Gasteiger partial charge in [0.25, 0.3) is 5.91 Å². The van der Waals surface area contributed by atoms with E-state index >= 15 is 0 Å². The van der Waals surface area contributed by atoms with Gasteiger partial charge in [0.2, 0.25) is 5.95 Å². The van der Waals surface area contributed by atoms with E-state index in [1.165, 1.54) is 6.20 Å². The summed E-state index contributed by atoms with van der Waals surface area (Å²) in [7, 11) is 0. The highest BCUT2D eigenvalue weighted by molar-refractivity contribution is 6.01. The number of anilines is 1. The van der Waals surface area contributed by atoms with Crippen molar-refractivity contribution in [3.63, 3.8) is 0 Å². The number of aliphatic hydroxyl groups is 1. The Morgan fingerprint density at radius 3 is 2.57 bits per heavy atom. The van der Waals surface area contributed by atoms with Crippen LogP contribution in [0.15, 0.2) is 24.4 Å². The van der Waals surface area contributed by atoms with Crippen LogP contribution in [-0.4, -0.2) is 32.6 Å². The van der Waals surface area contributed by atoms with Gasteiger partial charge in [0.15, 0.2) is 0 Å². The quantitative estimate of drug-likeness (QED) is 0.805. The first kappa shape index (κ1) is 14.6. The maximum Gasteiger partial charge on any atom is 0.276 e. The molecule has 6 nitrogen and oxygen atoms in total. The van der Waals surface area contributed by atoms with E-state index in [2.05, 4.69) is 32.1 Å². The number of aromatic nitrogens is 3. The summed E-state index contributed by atoms with van der Waals surface area (Å²) in [6.07, 6.45) is 1.47. The van der Waals surface area contributed by atoms with Crippen molar-refractivity contribution in [1.82, 2.24) is 15.0 Å². The summed E-state index contributed by atoms with van der Waals surface area (Å²) in [4.78, 5) is 24.3. The fourth-order valence-electron chi connectivity index (χ4n) is 1.69. The molecule has 0 aliphatic rings. The third-order valence-corrected chi connectivity index (χ3v) is 2.52. The van der Waals surface area contributed by atoms with Gasteiger partial charge in [-0.15, -0.1) is 0 Å². The molecule has 2 rings (SSSR count). The number of aliphatic hydroxyl groups excluding tert-OH is 1. The Balaban J connectivity index is 2.13. The van der Waals surface area contributed by atoms with Crippen molar-refractivity contribution in [3.8, 4) is 11.8 Å². The van der Waals surface area contributed by atoms with Gasteiger partial charge in [0.1, 0.15) is 12.3 Å². The zero-order chi connectivity index (χ0) is 15.2. The number of carbonyl (C=O) groups is 1. The lowest BCUT2D eigenvalue weighted by Crippen LogP contribution is -2.16. The molecule has 0 saturated heterocycles. The van der Waals surface area contributed by atoms with Gasteiger partial charge in [-0.1, -0.05) is 11.8 Å². The number of carbonyl (C=O) groups excluding carboxylic acids is 1. The molecular formula is C15H14N4O2. The molecule has 0 aliphatic carbocycles. The van der Waals surface area contributed by atoms with Crippen molar-refractivity contribution in [2.24, 2.45) is 0 Å². The summed E-state index contributed by atoms with van der Waals surface area (Å²) in [6, 6.07) is 5.04. The van der Waals surface area contributed by atoms with Gasteiger partial charge >= 0.3 is 0 Å². The minimum atomic E-state index is -0.387. The maximum atomic E-state index is 12.0. The highest BCUT2D eigenvalue weighted by Crippen LogP contribution is 2.06. The topological polar surface area (TPSA) is 88.0 Å². The predicted octanol–water partition coefficient (Wildman–Crippen LogP) is 1.08. The number of nitrogens with one attached hydrogen (secondary N) is 1. The van der Waals surface area contributed by atoms with Gasteiger partial charge in [-0.2, -0.15) is 0 Å². The van der Waals surface area contributed by atoms with Crippen LogP contribution in [0.3, 0.4) is 0 Å². The van der Waals surface area contributed by atoms with E-state index in [4.69, 9.17) is 5.11 Å². The highest BCUT2D eigenvalue weighted by Gasteiger charge is 2.09. The SMILES string of the molecule is Cc1cc(C)nc(NC(=O)c2ccc(C#CCO)cn2)n1. The largest absolute Gasteiger partial charge is 0.384 e. The molecule has 0 atom stereocenters. The first-order valence-corrected chi connectivity index (χ1v) is 6.28. The Morgan fingerprint density at radius 2 is 2.00 bits per heavy atom. The summed E-state index contributed by atoms with van der Waals surface area (Å²) in [5.41, 5.74) is 2.43. The summed E-state index contributed by atoms with van der Waals surface area (Å²) < 4.78 is 0. The minimum absolute atomic E-state index is 0.216. The average Bonchev–Trinajstić information content (AvgIpc) is 2.44. The molecule has 0 aromatic carbocycles. The number of amides is 1. The van der Waals surface area contributed by atoms with Crippen LogP contribution in [-0.2, 0) is 0 Å². The van der Waals surface area contributed by atoms with Gasteiger partial charge < -0.3 is 5.11 Å². The van der Waals surface area contributed by atoms with Gasteiger partial charge in [0.05, 0.1) is 0 Å². The maximum absolute atomic E-state index is 12.0. The number of pyridine rings is 1. The first-order chi connectivity index (χ1) is 10.1.